The van der Waals surface area contributed by atoms with Crippen molar-refractivity contribution in [1.82, 2.24) is 0 Å². The largest absolute Gasteiger partial charge is 0.462 e. The van der Waals surface area contributed by atoms with Crippen LogP contribution in [0.15, 0.2) is 72.8 Å². The maximum Gasteiger partial charge on any atom is 0.333 e. The van der Waals surface area contributed by atoms with Gasteiger partial charge in [0.15, 0.2) is 0 Å². The van der Waals surface area contributed by atoms with Gasteiger partial charge in [-0.3, -0.25) is 0 Å². The Hall–Kier alpha value is -3.17. The summed E-state index contributed by atoms with van der Waals surface area (Å²) in [6.45, 7) is 10.3. The van der Waals surface area contributed by atoms with E-state index in [0.29, 0.717) is 12.2 Å². The van der Waals surface area contributed by atoms with Gasteiger partial charge in [-0.2, -0.15) is 0 Å². The van der Waals surface area contributed by atoms with E-state index in [1.807, 2.05) is 0 Å². The summed E-state index contributed by atoms with van der Waals surface area (Å²) >= 11 is 0. The van der Waals surface area contributed by atoms with E-state index < -0.39 is 0 Å². The van der Waals surface area contributed by atoms with E-state index in [4.69, 9.17) is 4.74 Å². The lowest BCUT2D eigenvalue weighted by Gasteiger charge is -2.16. The van der Waals surface area contributed by atoms with Gasteiger partial charge in [0, 0.05) is 12.2 Å². The molecule has 0 aromatic heterocycles. The van der Waals surface area contributed by atoms with Crippen molar-refractivity contribution in [2.45, 2.75) is 72.1 Å². The fourth-order valence-corrected chi connectivity index (χ4v) is 4.69. The highest BCUT2D eigenvalue weighted by Crippen LogP contribution is 2.32. The molecule has 3 rings (SSSR count). The van der Waals surface area contributed by atoms with E-state index in [0.717, 1.165) is 32.1 Å². The van der Waals surface area contributed by atoms with Crippen LogP contribution in [0.2, 0.25) is 0 Å². The number of ether oxygens (including phenoxy) is 1. The van der Waals surface area contributed by atoms with Gasteiger partial charge in [0.1, 0.15) is 0 Å². The topological polar surface area (TPSA) is 46.5 Å². The summed E-state index contributed by atoms with van der Waals surface area (Å²) in [7, 11) is 0. The van der Waals surface area contributed by atoms with Crippen LogP contribution in [-0.4, -0.2) is 24.3 Å². The molecule has 0 aliphatic rings. The molecule has 0 saturated carbocycles. The lowest BCUT2D eigenvalue weighted by molar-refractivity contribution is -0.139. The quantitative estimate of drug-likeness (QED) is 0.139. The minimum Gasteiger partial charge on any atom is -0.462 e. The van der Waals surface area contributed by atoms with E-state index >= 15 is 0 Å². The number of hydrogen-bond donors (Lipinski definition) is 1. The summed E-state index contributed by atoms with van der Waals surface area (Å²) in [6, 6.07) is 22.3. The maximum absolute atomic E-state index is 11.7. The Bertz CT molecular complexity index is 1170. The van der Waals surface area contributed by atoms with E-state index in [-0.39, 0.29) is 12.6 Å². The highest BCUT2D eigenvalue weighted by molar-refractivity contribution is 5.86. The molecule has 1 N–H and O–H groups in total. The van der Waals surface area contributed by atoms with Crippen LogP contribution in [0.4, 0.5) is 0 Å². The summed E-state index contributed by atoms with van der Waals surface area (Å²) in [5.74, 6) is -0.336. The minimum atomic E-state index is -0.336. The van der Waals surface area contributed by atoms with Crippen molar-refractivity contribution < 1.29 is 14.6 Å². The second kappa shape index (κ2) is 14.5. The number of esters is 1. The lowest BCUT2D eigenvalue weighted by atomic mass is 9.90. The normalized spacial score (nSPS) is 10.9. The summed E-state index contributed by atoms with van der Waals surface area (Å²) < 4.78 is 5.32. The first kappa shape index (κ1) is 28.4. The molecule has 0 saturated heterocycles. The fourth-order valence-electron chi connectivity index (χ4n) is 4.69. The highest BCUT2D eigenvalue weighted by atomic mass is 16.5. The number of aryl methyl sites for hydroxylation is 4. The van der Waals surface area contributed by atoms with Crippen LogP contribution < -0.4 is 0 Å². The van der Waals surface area contributed by atoms with Gasteiger partial charge in [-0.1, -0.05) is 87.0 Å². The van der Waals surface area contributed by atoms with Crippen molar-refractivity contribution in [2.75, 3.05) is 13.2 Å². The Kier molecular flexibility index (Phi) is 11.2. The van der Waals surface area contributed by atoms with Crippen molar-refractivity contribution in [3.05, 3.63) is 95.1 Å². The molecule has 0 atom stereocenters. The molecule has 0 unspecified atom stereocenters. The van der Waals surface area contributed by atoms with Crippen LogP contribution in [-0.2, 0) is 28.8 Å². The summed E-state index contributed by atoms with van der Waals surface area (Å²) in [5.41, 5.74) is 10.5. The van der Waals surface area contributed by atoms with Gasteiger partial charge in [0.2, 0.25) is 0 Å². The zero-order valence-corrected chi connectivity index (χ0v) is 22.8. The average Bonchev–Trinajstić information content (AvgIpc) is 2.90. The number of carbonyl (C=O) groups is 1. The molecule has 0 heterocycles. The maximum atomic E-state index is 11.7. The molecule has 0 aliphatic carbocycles. The van der Waals surface area contributed by atoms with Crippen LogP contribution in [0.25, 0.3) is 22.3 Å². The SMILES string of the molecule is C=C(C)C(=O)OCCCc1cc(CCCO)ccc1-c1ccc(-c2ccc(CCCCC)cc2)cc1C. The van der Waals surface area contributed by atoms with Crippen molar-refractivity contribution in [3.8, 4) is 22.3 Å². The third-order valence-corrected chi connectivity index (χ3v) is 6.84. The van der Waals surface area contributed by atoms with Gasteiger partial charge in [0.05, 0.1) is 6.61 Å². The average molecular weight is 499 g/mol. The Balaban J connectivity index is 1.80. The first-order valence-electron chi connectivity index (χ1n) is 13.7. The monoisotopic (exact) mass is 498 g/mol. The number of aliphatic hydroxyl groups is 1. The fraction of sp³-hybridized carbons (Fsp3) is 0.382. The van der Waals surface area contributed by atoms with Gasteiger partial charge >= 0.3 is 5.97 Å². The molecular formula is C34H42O3. The number of hydrogen-bond acceptors (Lipinski definition) is 3. The van der Waals surface area contributed by atoms with Gasteiger partial charge in [-0.05, 0) is 96.9 Å². The van der Waals surface area contributed by atoms with Crippen LogP contribution in [0, 0.1) is 6.92 Å². The molecule has 0 amide bonds. The van der Waals surface area contributed by atoms with Crippen LogP contribution in [0.1, 0.15) is 68.2 Å². The number of unbranched alkanes of at least 4 members (excludes halogenated alkanes) is 2. The molecule has 0 bridgehead atoms. The third-order valence-electron chi connectivity index (χ3n) is 6.84. The molecule has 3 aromatic rings. The standard InChI is InChI=1S/C34H42O3/c1-5-6-7-10-27-13-16-29(17-14-27)30-18-20-32(26(4)23-30)33-19-15-28(11-8-21-35)24-31(33)12-9-22-37-34(36)25(2)3/h13-20,23-24,35H,2,5-12,21-22H2,1,3-4H3. The van der Waals surface area contributed by atoms with Crippen LogP contribution in [0.5, 0.6) is 0 Å². The summed E-state index contributed by atoms with van der Waals surface area (Å²) in [6.07, 6.45) is 8.09. The van der Waals surface area contributed by atoms with Gasteiger partial charge in [0.25, 0.3) is 0 Å². The zero-order valence-electron chi connectivity index (χ0n) is 22.8. The Morgan fingerprint density at radius 3 is 2.16 bits per heavy atom. The molecule has 196 valence electrons. The van der Waals surface area contributed by atoms with E-state index in [1.54, 1.807) is 6.92 Å². The molecule has 0 fully saturated rings. The highest BCUT2D eigenvalue weighted by Gasteiger charge is 2.12. The van der Waals surface area contributed by atoms with E-state index in [9.17, 15) is 9.90 Å². The summed E-state index contributed by atoms with van der Waals surface area (Å²) in [5, 5.41) is 9.26. The predicted octanol–water partition coefficient (Wildman–Crippen LogP) is 8.04. The summed E-state index contributed by atoms with van der Waals surface area (Å²) in [4.78, 5) is 11.7. The molecule has 3 aromatic carbocycles. The van der Waals surface area contributed by atoms with E-state index in [2.05, 4.69) is 81.1 Å². The molecule has 0 radical (unpaired) electrons. The molecular weight excluding hydrogens is 456 g/mol. The number of rotatable bonds is 14. The zero-order chi connectivity index (χ0) is 26.6. The minimum absolute atomic E-state index is 0.189. The van der Waals surface area contributed by atoms with E-state index in [1.165, 1.54) is 63.8 Å². The van der Waals surface area contributed by atoms with Crippen LogP contribution in [0.3, 0.4) is 0 Å². The lowest BCUT2D eigenvalue weighted by Crippen LogP contribution is -2.07. The van der Waals surface area contributed by atoms with Crippen molar-refractivity contribution >= 4 is 5.97 Å². The number of carbonyl (C=O) groups excluding carboxylic acids is 1. The molecule has 3 heteroatoms. The molecule has 0 spiro atoms. The molecule has 3 nitrogen and oxygen atoms in total. The smallest absolute Gasteiger partial charge is 0.333 e. The molecule has 0 aliphatic heterocycles. The van der Waals surface area contributed by atoms with Crippen molar-refractivity contribution in [3.63, 3.8) is 0 Å². The van der Waals surface area contributed by atoms with Crippen molar-refractivity contribution in [2.24, 2.45) is 0 Å². The second-order valence-corrected chi connectivity index (χ2v) is 10.0. The van der Waals surface area contributed by atoms with Crippen LogP contribution >= 0.6 is 0 Å². The second-order valence-electron chi connectivity index (χ2n) is 10.0. The molecule has 37 heavy (non-hydrogen) atoms. The Morgan fingerprint density at radius 2 is 1.49 bits per heavy atom. The first-order valence-corrected chi connectivity index (χ1v) is 13.7. The predicted molar refractivity (Wildman–Crippen MR) is 155 cm³/mol. The number of benzene rings is 3. The Morgan fingerprint density at radius 1 is 0.811 bits per heavy atom. The first-order chi connectivity index (χ1) is 17.9. The van der Waals surface area contributed by atoms with Gasteiger partial charge < -0.3 is 9.84 Å². The Labute approximate surface area is 223 Å². The van der Waals surface area contributed by atoms with Gasteiger partial charge in [-0.25, -0.2) is 4.79 Å². The van der Waals surface area contributed by atoms with Crippen molar-refractivity contribution in [1.29, 1.82) is 0 Å². The third kappa shape index (κ3) is 8.43. The number of aliphatic hydroxyl groups excluding tert-OH is 1. The van der Waals surface area contributed by atoms with Gasteiger partial charge in [-0.15, -0.1) is 0 Å².